The van der Waals surface area contributed by atoms with Gasteiger partial charge >= 0.3 is 0 Å². The van der Waals surface area contributed by atoms with E-state index in [1.807, 2.05) is 24.3 Å². The Morgan fingerprint density at radius 3 is 2.36 bits per heavy atom. The average Bonchev–Trinajstić information content (AvgIpc) is 2.67. The predicted octanol–water partition coefficient (Wildman–Crippen LogP) is 2.29. The first-order chi connectivity index (χ1) is 12.1. The van der Waals surface area contributed by atoms with Crippen LogP contribution in [-0.2, 0) is 9.84 Å². The SMILES string of the molecule is COc1cccc(N2CCN(CCS(=O)(=O)c3ccccc3)CC2)c1. The summed E-state index contributed by atoms with van der Waals surface area (Å²) in [7, 11) is -1.54. The highest BCUT2D eigenvalue weighted by atomic mass is 32.2. The first-order valence-electron chi connectivity index (χ1n) is 8.48. The second-order valence-electron chi connectivity index (χ2n) is 6.16. The van der Waals surface area contributed by atoms with E-state index in [0.717, 1.165) is 37.6 Å². The predicted molar refractivity (Wildman–Crippen MR) is 100 cm³/mol. The number of nitrogens with zero attached hydrogens (tertiary/aromatic N) is 2. The molecule has 0 aromatic heterocycles. The topological polar surface area (TPSA) is 49.9 Å². The molecule has 2 aromatic carbocycles. The summed E-state index contributed by atoms with van der Waals surface area (Å²) in [5, 5.41) is 0. The van der Waals surface area contributed by atoms with Crippen LogP contribution in [0.15, 0.2) is 59.5 Å². The Morgan fingerprint density at radius 2 is 1.68 bits per heavy atom. The number of hydrogen-bond donors (Lipinski definition) is 0. The number of rotatable bonds is 6. The third-order valence-corrected chi connectivity index (χ3v) is 6.28. The van der Waals surface area contributed by atoms with Crippen LogP contribution in [0.2, 0.25) is 0 Å². The van der Waals surface area contributed by atoms with Crippen molar-refractivity contribution in [1.29, 1.82) is 0 Å². The molecular weight excluding hydrogens is 336 g/mol. The van der Waals surface area contributed by atoms with Crippen LogP contribution in [0.25, 0.3) is 0 Å². The summed E-state index contributed by atoms with van der Waals surface area (Å²) in [6.45, 7) is 4.07. The van der Waals surface area contributed by atoms with Crippen LogP contribution in [0.4, 0.5) is 5.69 Å². The maximum absolute atomic E-state index is 12.4. The highest BCUT2D eigenvalue weighted by molar-refractivity contribution is 7.91. The van der Waals surface area contributed by atoms with Gasteiger partial charge in [-0.25, -0.2) is 8.42 Å². The minimum absolute atomic E-state index is 0.163. The van der Waals surface area contributed by atoms with Gasteiger partial charge in [0.15, 0.2) is 9.84 Å². The largest absolute Gasteiger partial charge is 0.497 e. The second kappa shape index (κ2) is 7.89. The number of methoxy groups -OCH3 is 1. The molecular formula is C19H24N2O3S. The standard InChI is InChI=1S/C19H24N2O3S/c1-24-18-7-5-6-17(16-18)21-12-10-20(11-13-21)14-15-25(22,23)19-8-3-2-4-9-19/h2-9,16H,10-15H2,1H3. The van der Waals surface area contributed by atoms with E-state index in [9.17, 15) is 8.42 Å². The maximum Gasteiger partial charge on any atom is 0.179 e. The number of anilines is 1. The average molecular weight is 360 g/mol. The Bertz CT molecular complexity index is 785. The Labute approximate surface area is 149 Å². The summed E-state index contributed by atoms with van der Waals surface area (Å²) in [5.41, 5.74) is 1.15. The fourth-order valence-corrected chi connectivity index (χ4v) is 4.34. The van der Waals surface area contributed by atoms with Gasteiger partial charge in [0.05, 0.1) is 17.8 Å². The molecule has 5 nitrogen and oxygen atoms in total. The lowest BCUT2D eigenvalue weighted by Crippen LogP contribution is -2.47. The zero-order valence-corrected chi connectivity index (χ0v) is 15.3. The van der Waals surface area contributed by atoms with Crippen LogP contribution < -0.4 is 9.64 Å². The molecule has 0 amide bonds. The van der Waals surface area contributed by atoms with E-state index < -0.39 is 9.84 Å². The number of sulfone groups is 1. The highest BCUT2D eigenvalue weighted by Crippen LogP contribution is 2.22. The molecule has 134 valence electrons. The Kier molecular flexibility index (Phi) is 5.60. The molecule has 0 spiro atoms. The highest BCUT2D eigenvalue weighted by Gasteiger charge is 2.20. The molecule has 25 heavy (non-hydrogen) atoms. The smallest absolute Gasteiger partial charge is 0.179 e. The van der Waals surface area contributed by atoms with Crippen LogP contribution in [0, 0.1) is 0 Å². The van der Waals surface area contributed by atoms with Gasteiger partial charge in [0.2, 0.25) is 0 Å². The van der Waals surface area contributed by atoms with Gasteiger partial charge in [-0.2, -0.15) is 0 Å². The molecule has 3 rings (SSSR count). The van der Waals surface area contributed by atoms with Gasteiger partial charge in [0.25, 0.3) is 0 Å². The van der Waals surface area contributed by atoms with E-state index in [2.05, 4.69) is 15.9 Å². The molecule has 1 fully saturated rings. The molecule has 0 bridgehead atoms. The molecule has 1 saturated heterocycles. The first kappa shape index (κ1) is 17.8. The minimum atomic E-state index is -3.21. The van der Waals surface area contributed by atoms with E-state index >= 15 is 0 Å². The van der Waals surface area contributed by atoms with E-state index in [0.29, 0.717) is 11.4 Å². The molecule has 2 aromatic rings. The summed E-state index contributed by atoms with van der Waals surface area (Å²) >= 11 is 0. The molecule has 0 atom stereocenters. The number of ether oxygens (including phenoxy) is 1. The van der Waals surface area contributed by atoms with Crippen LogP contribution in [0.3, 0.4) is 0 Å². The fourth-order valence-electron chi connectivity index (χ4n) is 3.03. The quantitative estimate of drug-likeness (QED) is 0.791. The fraction of sp³-hybridized carbons (Fsp3) is 0.368. The molecule has 0 N–H and O–H groups in total. The van der Waals surface area contributed by atoms with Crippen molar-refractivity contribution in [2.45, 2.75) is 4.90 Å². The summed E-state index contributed by atoms with van der Waals surface area (Å²) in [4.78, 5) is 4.94. The lowest BCUT2D eigenvalue weighted by molar-refractivity contribution is 0.272. The second-order valence-corrected chi connectivity index (χ2v) is 8.27. The molecule has 1 aliphatic rings. The number of benzene rings is 2. The van der Waals surface area contributed by atoms with Crippen molar-refractivity contribution >= 4 is 15.5 Å². The minimum Gasteiger partial charge on any atom is -0.497 e. The van der Waals surface area contributed by atoms with E-state index in [4.69, 9.17) is 4.74 Å². The zero-order chi connectivity index (χ0) is 17.7. The first-order valence-corrected chi connectivity index (χ1v) is 10.1. The summed E-state index contributed by atoms with van der Waals surface area (Å²) < 4.78 is 30.0. The molecule has 1 aliphatic heterocycles. The van der Waals surface area contributed by atoms with Gasteiger partial charge in [-0.15, -0.1) is 0 Å². The molecule has 0 aliphatic carbocycles. The van der Waals surface area contributed by atoms with Crippen molar-refractivity contribution in [3.63, 3.8) is 0 Å². The normalized spacial score (nSPS) is 16.0. The van der Waals surface area contributed by atoms with Crippen LogP contribution in [-0.4, -0.2) is 58.9 Å². The van der Waals surface area contributed by atoms with Crippen molar-refractivity contribution in [1.82, 2.24) is 4.90 Å². The van der Waals surface area contributed by atoms with Gasteiger partial charge < -0.3 is 9.64 Å². The van der Waals surface area contributed by atoms with Crippen molar-refractivity contribution in [2.75, 3.05) is 50.5 Å². The Morgan fingerprint density at radius 1 is 0.960 bits per heavy atom. The van der Waals surface area contributed by atoms with Gasteiger partial charge in [0, 0.05) is 44.5 Å². The molecule has 0 unspecified atom stereocenters. The van der Waals surface area contributed by atoms with E-state index in [-0.39, 0.29) is 5.75 Å². The van der Waals surface area contributed by atoms with E-state index in [1.165, 1.54) is 0 Å². The molecule has 0 radical (unpaired) electrons. The van der Waals surface area contributed by atoms with Crippen molar-refractivity contribution < 1.29 is 13.2 Å². The Hall–Kier alpha value is -2.05. The van der Waals surface area contributed by atoms with E-state index in [1.54, 1.807) is 31.4 Å². The van der Waals surface area contributed by atoms with Crippen molar-refractivity contribution in [3.8, 4) is 5.75 Å². The summed E-state index contributed by atoms with van der Waals surface area (Å²) in [6.07, 6.45) is 0. The third-order valence-electron chi connectivity index (χ3n) is 4.57. The van der Waals surface area contributed by atoms with Crippen molar-refractivity contribution in [3.05, 3.63) is 54.6 Å². The van der Waals surface area contributed by atoms with Gasteiger partial charge in [-0.05, 0) is 24.3 Å². The third kappa shape index (κ3) is 4.52. The number of hydrogen-bond acceptors (Lipinski definition) is 5. The lowest BCUT2D eigenvalue weighted by Gasteiger charge is -2.36. The molecule has 0 saturated carbocycles. The maximum atomic E-state index is 12.4. The lowest BCUT2D eigenvalue weighted by atomic mass is 10.2. The zero-order valence-electron chi connectivity index (χ0n) is 14.5. The van der Waals surface area contributed by atoms with Crippen LogP contribution >= 0.6 is 0 Å². The van der Waals surface area contributed by atoms with Gasteiger partial charge in [-0.1, -0.05) is 24.3 Å². The summed E-state index contributed by atoms with van der Waals surface area (Å²) in [5.74, 6) is 1.02. The van der Waals surface area contributed by atoms with Crippen LogP contribution in [0.1, 0.15) is 0 Å². The summed E-state index contributed by atoms with van der Waals surface area (Å²) in [6, 6.07) is 16.7. The van der Waals surface area contributed by atoms with Crippen molar-refractivity contribution in [2.24, 2.45) is 0 Å². The monoisotopic (exact) mass is 360 g/mol. The molecule has 6 heteroatoms. The van der Waals surface area contributed by atoms with Gasteiger partial charge in [-0.3, -0.25) is 4.90 Å². The Balaban J connectivity index is 1.53. The van der Waals surface area contributed by atoms with Crippen LogP contribution in [0.5, 0.6) is 5.75 Å². The number of piperazine rings is 1. The van der Waals surface area contributed by atoms with Gasteiger partial charge in [0.1, 0.15) is 5.75 Å². The molecule has 1 heterocycles.